The molecule has 0 atom stereocenters. The van der Waals surface area contributed by atoms with Crippen LogP contribution in [-0.2, 0) is 4.79 Å². The van der Waals surface area contributed by atoms with Gasteiger partial charge in [-0.1, -0.05) is 0 Å². The summed E-state index contributed by atoms with van der Waals surface area (Å²) in [5.41, 5.74) is 3.08. The van der Waals surface area contributed by atoms with Crippen molar-refractivity contribution in [1.29, 1.82) is 0 Å². The number of benzene rings is 1. The second-order valence-corrected chi connectivity index (χ2v) is 7.42. The Bertz CT molecular complexity index is 475. The van der Waals surface area contributed by atoms with Gasteiger partial charge in [-0.05, 0) is 0 Å². The van der Waals surface area contributed by atoms with E-state index in [-0.39, 0.29) is 33.7 Å². The fraction of sp³-hybridized carbons (Fsp3) is 0.312. The minimum atomic E-state index is -0.0305. The maximum absolute atomic E-state index is 11.8. The standard InChI is InChI=1S/C16H22IN2O/c1-4-17-10-5-6-11-18-12-15(20)19-16-13(2)8-7-9-14(16)3/h5-11,18H,4,12H2,1-3H3,(H,19,20)/q-1/b10-5-,11-6-. The van der Waals surface area contributed by atoms with Crippen molar-refractivity contribution in [2.24, 2.45) is 0 Å². The van der Waals surface area contributed by atoms with E-state index in [4.69, 9.17) is 0 Å². The van der Waals surface area contributed by atoms with Crippen molar-refractivity contribution in [3.05, 3.63) is 51.8 Å². The normalized spacial score (nSPS) is 11.3. The molecule has 0 aliphatic heterocycles. The number of alkyl halides is 1. The number of hydrogen-bond acceptors (Lipinski definition) is 2. The number of allylic oxidation sites excluding steroid dienone is 2. The molecular weight excluding hydrogens is 363 g/mol. The second kappa shape index (κ2) is 9.58. The molecule has 0 fully saturated rings. The third-order valence-electron chi connectivity index (χ3n) is 2.65. The van der Waals surface area contributed by atoms with E-state index in [9.17, 15) is 4.79 Å². The fourth-order valence-corrected chi connectivity index (χ4v) is 2.69. The van der Waals surface area contributed by atoms with E-state index in [2.05, 4.69) is 21.6 Å². The van der Waals surface area contributed by atoms with Gasteiger partial charge in [-0.2, -0.15) is 0 Å². The zero-order valence-electron chi connectivity index (χ0n) is 12.2. The first-order chi connectivity index (χ1) is 9.65. The van der Waals surface area contributed by atoms with E-state index in [1.807, 2.05) is 44.2 Å². The van der Waals surface area contributed by atoms with Crippen molar-refractivity contribution >= 4 is 11.6 Å². The number of para-hydroxylation sites is 1. The molecule has 1 aromatic rings. The molecule has 0 aliphatic rings. The Balaban J connectivity index is 2.37. The van der Waals surface area contributed by atoms with Gasteiger partial charge in [0.15, 0.2) is 0 Å². The summed E-state index contributed by atoms with van der Waals surface area (Å²) in [4.78, 5) is 11.8. The number of carbonyl (C=O) groups excluding carboxylic acids is 1. The molecule has 1 rings (SSSR count). The molecule has 0 bridgehead atoms. The van der Waals surface area contributed by atoms with Crippen molar-refractivity contribution in [3.8, 4) is 0 Å². The molecule has 0 heterocycles. The first-order valence-electron chi connectivity index (χ1n) is 6.64. The molecule has 110 valence electrons. The van der Waals surface area contributed by atoms with Gasteiger partial charge in [0.2, 0.25) is 0 Å². The fourth-order valence-electron chi connectivity index (χ4n) is 1.65. The molecule has 3 nitrogen and oxygen atoms in total. The van der Waals surface area contributed by atoms with Crippen LogP contribution >= 0.6 is 0 Å². The average Bonchev–Trinajstić information content (AvgIpc) is 2.42. The molecule has 2 N–H and O–H groups in total. The van der Waals surface area contributed by atoms with Gasteiger partial charge in [-0.25, -0.2) is 0 Å². The Kier molecular flexibility index (Phi) is 8.02. The zero-order chi connectivity index (χ0) is 14.8. The summed E-state index contributed by atoms with van der Waals surface area (Å²) in [5, 5.41) is 5.93. The predicted octanol–water partition coefficient (Wildman–Crippen LogP) is -0.0322. The number of hydrogen-bond donors (Lipinski definition) is 2. The van der Waals surface area contributed by atoms with E-state index in [1.54, 1.807) is 6.20 Å². The van der Waals surface area contributed by atoms with Crippen molar-refractivity contribution in [1.82, 2.24) is 5.32 Å². The van der Waals surface area contributed by atoms with Crippen LogP contribution in [0, 0.1) is 13.8 Å². The summed E-state index contributed by atoms with van der Waals surface area (Å²) in [6, 6.07) is 5.99. The van der Waals surface area contributed by atoms with Gasteiger partial charge in [0, 0.05) is 0 Å². The van der Waals surface area contributed by atoms with Crippen LogP contribution in [-0.4, -0.2) is 16.9 Å². The number of aryl methyl sites for hydroxylation is 2. The molecular formula is C16H22IN2O-. The Morgan fingerprint density at radius 2 is 1.95 bits per heavy atom. The number of carbonyl (C=O) groups is 1. The van der Waals surface area contributed by atoms with E-state index >= 15 is 0 Å². The molecule has 1 amide bonds. The molecule has 0 saturated heterocycles. The third kappa shape index (κ3) is 6.23. The van der Waals surface area contributed by atoms with E-state index in [0.29, 0.717) is 0 Å². The Hall–Kier alpha value is -1.30. The molecule has 0 radical (unpaired) electrons. The van der Waals surface area contributed by atoms with Gasteiger partial charge in [0.25, 0.3) is 0 Å². The van der Waals surface area contributed by atoms with Crippen LogP contribution in [0.25, 0.3) is 0 Å². The average molecular weight is 385 g/mol. The van der Waals surface area contributed by atoms with Crippen molar-refractivity contribution < 1.29 is 26.0 Å². The van der Waals surface area contributed by atoms with Crippen LogP contribution in [0.3, 0.4) is 0 Å². The summed E-state index contributed by atoms with van der Waals surface area (Å²) < 4.78 is 3.47. The molecule has 0 spiro atoms. The van der Waals surface area contributed by atoms with Gasteiger partial charge in [0.1, 0.15) is 0 Å². The number of amides is 1. The van der Waals surface area contributed by atoms with Crippen molar-refractivity contribution in [3.63, 3.8) is 0 Å². The van der Waals surface area contributed by atoms with E-state index in [1.165, 1.54) is 4.43 Å². The SMILES string of the molecule is CC[I-]/C=C\C=C/NCC(=O)Nc1c(C)cccc1C. The zero-order valence-corrected chi connectivity index (χ0v) is 14.4. The molecule has 4 heteroatoms. The van der Waals surface area contributed by atoms with Gasteiger partial charge < -0.3 is 0 Å². The van der Waals surface area contributed by atoms with Crippen LogP contribution in [0.1, 0.15) is 18.1 Å². The van der Waals surface area contributed by atoms with E-state index < -0.39 is 0 Å². The minimum absolute atomic E-state index is 0.0305. The maximum atomic E-state index is 11.8. The molecule has 0 aromatic heterocycles. The predicted molar refractivity (Wildman–Crippen MR) is 81.4 cm³/mol. The van der Waals surface area contributed by atoms with Crippen LogP contribution in [0.5, 0.6) is 0 Å². The van der Waals surface area contributed by atoms with Crippen molar-refractivity contribution in [2.45, 2.75) is 20.8 Å². The molecule has 0 unspecified atom stereocenters. The topological polar surface area (TPSA) is 41.1 Å². The summed E-state index contributed by atoms with van der Waals surface area (Å²) in [5.74, 6) is -0.0305. The molecule has 0 saturated carbocycles. The van der Waals surface area contributed by atoms with Gasteiger partial charge in [-0.3, -0.25) is 0 Å². The Labute approximate surface area is 131 Å². The second-order valence-electron chi connectivity index (χ2n) is 4.30. The summed E-state index contributed by atoms with van der Waals surface area (Å²) in [6.07, 6.45) is 5.77. The summed E-state index contributed by atoms with van der Waals surface area (Å²) >= 11 is 0.212. The van der Waals surface area contributed by atoms with Crippen LogP contribution in [0.2, 0.25) is 0 Å². The molecule has 0 aliphatic carbocycles. The van der Waals surface area contributed by atoms with E-state index in [0.717, 1.165) is 16.8 Å². The number of rotatable bonds is 7. The van der Waals surface area contributed by atoms with Crippen LogP contribution in [0.4, 0.5) is 5.69 Å². The van der Waals surface area contributed by atoms with Gasteiger partial charge >= 0.3 is 132 Å². The van der Waals surface area contributed by atoms with Gasteiger partial charge in [0.05, 0.1) is 0 Å². The Morgan fingerprint density at radius 3 is 2.60 bits per heavy atom. The Morgan fingerprint density at radius 1 is 1.25 bits per heavy atom. The van der Waals surface area contributed by atoms with Crippen molar-refractivity contribution in [2.75, 3.05) is 16.3 Å². The molecule has 20 heavy (non-hydrogen) atoms. The number of anilines is 1. The quantitative estimate of drug-likeness (QED) is 0.393. The molecule has 1 aromatic carbocycles. The monoisotopic (exact) mass is 385 g/mol. The van der Waals surface area contributed by atoms with Crippen LogP contribution < -0.4 is 31.8 Å². The number of halogens is 1. The van der Waals surface area contributed by atoms with Crippen LogP contribution in [0.15, 0.2) is 40.6 Å². The first-order valence-corrected chi connectivity index (χ1v) is 9.41. The summed E-state index contributed by atoms with van der Waals surface area (Å²) in [7, 11) is 0. The summed E-state index contributed by atoms with van der Waals surface area (Å²) in [6.45, 7) is 6.47. The number of nitrogens with one attached hydrogen (secondary N) is 2. The van der Waals surface area contributed by atoms with Gasteiger partial charge in [-0.15, -0.1) is 0 Å². The first kappa shape index (κ1) is 16.8. The third-order valence-corrected chi connectivity index (χ3v) is 4.45.